The fourth-order valence-corrected chi connectivity index (χ4v) is 4.36. The average Bonchev–Trinajstić information content (AvgIpc) is 2.72. The van der Waals surface area contributed by atoms with E-state index in [1.165, 1.54) is 0 Å². The molecule has 5 rings (SSSR count). The van der Waals surface area contributed by atoms with Gasteiger partial charge in [-0.15, -0.1) is 0 Å². The second-order valence-electron chi connectivity index (χ2n) is 7.10. The summed E-state index contributed by atoms with van der Waals surface area (Å²) in [6.45, 7) is 0. The van der Waals surface area contributed by atoms with Crippen molar-refractivity contribution in [3.63, 3.8) is 0 Å². The van der Waals surface area contributed by atoms with Crippen molar-refractivity contribution >= 4 is 22.4 Å². The molecule has 1 aromatic heterocycles. The Morgan fingerprint density at radius 2 is 1.93 bits per heavy atom. The van der Waals surface area contributed by atoms with E-state index in [0.717, 1.165) is 57.6 Å². The van der Waals surface area contributed by atoms with Crippen LogP contribution in [0.2, 0.25) is 0 Å². The van der Waals surface area contributed by atoms with Gasteiger partial charge in [-0.1, -0.05) is 18.2 Å². The minimum atomic E-state index is -0.0807. The molecule has 0 saturated heterocycles. The quantitative estimate of drug-likeness (QED) is 0.716. The Kier molecular flexibility index (Phi) is 3.71. The van der Waals surface area contributed by atoms with Crippen LogP contribution in [0.3, 0.4) is 0 Å². The molecule has 1 aliphatic carbocycles. The normalized spacial score (nSPS) is 18.7. The Morgan fingerprint density at radius 1 is 1.07 bits per heavy atom. The number of ketones is 1. The van der Waals surface area contributed by atoms with Crippen LogP contribution in [0.5, 0.6) is 5.75 Å². The molecule has 1 atom stereocenters. The molecule has 3 aromatic rings. The van der Waals surface area contributed by atoms with E-state index >= 15 is 0 Å². The number of ether oxygens (including phenoxy) is 1. The molecular weight excluding hydrogens is 336 g/mol. The molecule has 2 aliphatic rings. The van der Waals surface area contributed by atoms with Gasteiger partial charge in [0.2, 0.25) is 0 Å². The van der Waals surface area contributed by atoms with Crippen molar-refractivity contribution < 1.29 is 9.53 Å². The summed E-state index contributed by atoms with van der Waals surface area (Å²) in [5, 5.41) is 4.64. The topological polar surface area (TPSA) is 51.2 Å². The monoisotopic (exact) mass is 356 g/mol. The van der Waals surface area contributed by atoms with E-state index in [0.29, 0.717) is 6.42 Å². The lowest BCUT2D eigenvalue weighted by molar-refractivity contribution is -0.116. The van der Waals surface area contributed by atoms with Crippen LogP contribution in [0.4, 0.5) is 5.69 Å². The third-order valence-electron chi connectivity index (χ3n) is 5.59. The fraction of sp³-hybridized carbons (Fsp3) is 0.217. The van der Waals surface area contributed by atoms with Gasteiger partial charge in [0.25, 0.3) is 0 Å². The molecule has 0 amide bonds. The summed E-state index contributed by atoms with van der Waals surface area (Å²) in [7, 11) is 1.67. The first-order valence-corrected chi connectivity index (χ1v) is 9.31. The summed E-state index contributed by atoms with van der Waals surface area (Å²) in [5.41, 5.74) is 6.25. The standard InChI is InChI=1S/C23H20N2O2/c1-27-15-9-7-14(8-10-15)21-22-16-4-3-13-24-17(16)11-12-19(22)25-18-5-2-6-20(26)23(18)21/h3-4,7-13,21,25H,2,5-6H2,1H3. The van der Waals surface area contributed by atoms with E-state index < -0.39 is 0 Å². The van der Waals surface area contributed by atoms with E-state index in [4.69, 9.17) is 4.74 Å². The minimum Gasteiger partial charge on any atom is -0.497 e. The predicted molar refractivity (Wildman–Crippen MR) is 106 cm³/mol. The van der Waals surface area contributed by atoms with Crippen molar-refractivity contribution in [1.82, 2.24) is 4.98 Å². The van der Waals surface area contributed by atoms with Crippen LogP contribution in [0.15, 0.2) is 66.0 Å². The maximum Gasteiger partial charge on any atom is 0.161 e. The molecule has 0 spiro atoms. The van der Waals surface area contributed by atoms with Gasteiger partial charge in [-0.05, 0) is 54.3 Å². The predicted octanol–water partition coefficient (Wildman–Crippen LogP) is 4.81. The van der Waals surface area contributed by atoms with Crippen molar-refractivity contribution in [2.75, 3.05) is 12.4 Å². The molecule has 4 nitrogen and oxygen atoms in total. The van der Waals surface area contributed by atoms with Crippen LogP contribution in [0.25, 0.3) is 10.9 Å². The fourth-order valence-electron chi connectivity index (χ4n) is 4.36. The summed E-state index contributed by atoms with van der Waals surface area (Å²) in [4.78, 5) is 17.5. The van der Waals surface area contributed by atoms with Crippen LogP contribution in [0.1, 0.15) is 36.3 Å². The number of hydrogen-bond donors (Lipinski definition) is 1. The van der Waals surface area contributed by atoms with E-state index in [1.807, 2.05) is 30.5 Å². The number of fused-ring (bicyclic) bond motifs is 3. The number of carbonyl (C=O) groups is 1. The highest BCUT2D eigenvalue weighted by molar-refractivity contribution is 6.03. The Hall–Kier alpha value is -3.14. The van der Waals surface area contributed by atoms with Gasteiger partial charge in [0.1, 0.15) is 5.75 Å². The van der Waals surface area contributed by atoms with E-state index in [9.17, 15) is 4.79 Å². The Labute approximate surface area is 157 Å². The number of anilines is 1. The van der Waals surface area contributed by atoms with Crippen molar-refractivity contribution in [2.24, 2.45) is 0 Å². The summed E-state index contributed by atoms with van der Waals surface area (Å²) in [6, 6.07) is 16.3. The van der Waals surface area contributed by atoms with Crippen molar-refractivity contribution in [2.45, 2.75) is 25.2 Å². The highest BCUT2D eigenvalue weighted by Crippen LogP contribution is 2.47. The number of pyridine rings is 1. The van der Waals surface area contributed by atoms with Crippen molar-refractivity contribution in [3.8, 4) is 5.75 Å². The Morgan fingerprint density at radius 3 is 2.74 bits per heavy atom. The number of allylic oxidation sites excluding steroid dienone is 2. The summed E-state index contributed by atoms with van der Waals surface area (Å²) < 4.78 is 5.32. The minimum absolute atomic E-state index is 0.0807. The number of nitrogens with zero attached hydrogens (tertiary/aromatic N) is 1. The molecule has 0 fully saturated rings. The largest absolute Gasteiger partial charge is 0.497 e. The van der Waals surface area contributed by atoms with E-state index in [1.54, 1.807) is 7.11 Å². The van der Waals surface area contributed by atoms with Gasteiger partial charge < -0.3 is 10.1 Å². The Balaban J connectivity index is 1.79. The third kappa shape index (κ3) is 2.52. The van der Waals surface area contributed by atoms with Gasteiger partial charge in [0.15, 0.2) is 5.78 Å². The number of methoxy groups -OCH3 is 1. The Bertz CT molecular complexity index is 1080. The zero-order valence-corrected chi connectivity index (χ0v) is 15.2. The van der Waals surface area contributed by atoms with Crippen molar-refractivity contribution in [1.29, 1.82) is 0 Å². The number of carbonyl (C=O) groups excluding carboxylic acids is 1. The molecule has 2 heterocycles. The molecule has 27 heavy (non-hydrogen) atoms. The van der Waals surface area contributed by atoms with Crippen LogP contribution < -0.4 is 10.1 Å². The smallest absolute Gasteiger partial charge is 0.161 e. The van der Waals surface area contributed by atoms with Gasteiger partial charge >= 0.3 is 0 Å². The lowest BCUT2D eigenvalue weighted by Gasteiger charge is -2.34. The van der Waals surface area contributed by atoms with Crippen LogP contribution in [-0.4, -0.2) is 17.9 Å². The van der Waals surface area contributed by atoms with Gasteiger partial charge in [0, 0.05) is 40.9 Å². The first-order chi connectivity index (χ1) is 13.3. The summed E-state index contributed by atoms with van der Waals surface area (Å²) >= 11 is 0. The van der Waals surface area contributed by atoms with E-state index in [-0.39, 0.29) is 11.7 Å². The number of aromatic nitrogens is 1. The summed E-state index contributed by atoms with van der Waals surface area (Å²) in [5.74, 6) is 0.982. The second kappa shape index (κ2) is 6.23. The molecule has 134 valence electrons. The highest BCUT2D eigenvalue weighted by atomic mass is 16.5. The maximum atomic E-state index is 12.9. The molecule has 0 saturated carbocycles. The van der Waals surface area contributed by atoms with Gasteiger partial charge in [0.05, 0.1) is 12.6 Å². The molecule has 0 radical (unpaired) electrons. The number of nitrogens with one attached hydrogen (secondary N) is 1. The van der Waals surface area contributed by atoms with E-state index in [2.05, 4.69) is 34.6 Å². The van der Waals surface area contributed by atoms with Gasteiger partial charge in [-0.25, -0.2) is 0 Å². The lowest BCUT2D eigenvalue weighted by atomic mass is 9.74. The second-order valence-corrected chi connectivity index (χ2v) is 7.10. The maximum absolute atomic E-state index is 12.9. The molecule has 1 unspecified atom stereocenters. The van der Waals surface area contributed by atoms with Gasteiger partial charge in [-0.2, -0.15) is 0 Å². The van der Waals surface area contributed by atoms with Crippen LogP contribution >= 0.6 is 0 Å². The zero-order chi connectivity index (χ0) is 18.4. The third-order valence-corrected chi connectivity index (χ3v) is 5.59. The van der Waals surface area contributed by atoms with Gasteiger partial charge in [-0.3, -0.25) is 9.78 Å². The average molecular weight is 356 g/mol. The van der Waals surface area contributed by atoms with Crippen LogP contribution in [0, 0.1) is 0 Å². The number of hydrogen-bond acceptors (Lipinski definition) is 4. The molecule has 2 aromatic carbocycles. The first-order valence-electron chi connectivity index (χ1n) is 9.31. The molecule has 0 bridgehead atoms. The first kappa shape index (κ1) is 16.1. The summed E-state index contributed by atoms with van der Waals surface area (Å²) in [6.07, 6.45) is 4.25. The SMILES string of the molecule is COc1ccc(C2C3=C(CCCC3=O)Nc3ccc4ncccc4c32)cc1. The zero-order valence-electron chi connectivity index (χ0n) is 15.2. The number of benzene rings is 2. The molecular formula is C23H20N2O2. The number of rotatable bonds is 2. The molecule has 1 N–H and O–H groups in total. The lowest BCUT2D eigenvalue weighted by Crippen LogP contribution is -2.27. The van der Waals surface area contributed by atoms with Crippen molar-refractivity contribution in [3.05, 3.63) is 77.1 Å². The number of Topliss-reactive ketones (excluding diaryl/α,β-unsaturated/α-hetero) is 1. The van der Waals surface area contributed by atoms with Crippen LogP contribution in [-0.2, 0) is 4.79 Å². The molecule has 1 aliphatic heterocycles. The molecule has 4 heteroatoms. The highest BCUT2D eigenvalue weighted by Gasteiger charge is 2.36.